The molecule has 4 nitrogen and oxygen atoms in total. The van der Waals surface area contributed by atoms with Crippen molar-refractivity contribution >= 4 is 28.8 Å². The van der Waals surface area contributed by atoms with Crippen molar-refractivity contribution in [2.24, 2.45) is 0 Å². The van der Waals surface area contributed by atoms with Crippen LogP contribution in [-0.4, -0.2) is 32.6 Å². The lowest BCUT2D eigenvalue weighted by Gasteiger charge is -2.06. The van der Waals surface area contributed by atoms with Crippen molar-refractivity contribution in [2.75, 3.05) is 12.0 Å². The summed E-state index contributed by atoms with van der Waals surface area (Å²) in [6.07, 6.45) is 5.65. The lowest BCUT2D eigenvalue weighted by molar-refractivity contribution is 0.0699. The van der Waals surface area contributed by atoms with Gasteiger partial charge in [-0.25, -0.2) is 9.78 Å². The van der Waals surface area contributed by atoms with Crippen LogP contribution in [0, 0.1) is 6.92 Å². The second kappa shape index (κ2) is 6.79. The first-order chi connectivity index (χ1) is 9.65. The molecule has 0 amide bonds. The third kappa shape index (κ3) is 3.15. The number of aromatic carboxylic acids is 1. The van der Waals surface area contributed by atoms with Gasteiger partial charge in [0.25, 0.3) is 0 Å². The largest absolute Gasteiger partial charge is 0.478 e. The smallest absolute Gasteiger partial charge is 0.337 e. The predicted molar refractivity (Wildman–Crippen MR) is 83.7 cm³/mol. The molecular formula is C15H20N2O2S. The molecule has 108 valence electrons. The molecule has 0 spiro atoms. The quantitative estimate of drug-likeness (QED) is 0.793. The lowest BCUT2D eigenvalue weighted by atomic mass is 10.2. The molecule has 5 heteroatoms. The van der Waals surface area contributed by atoms with E-state index < -0.39 is 5.97 Å². The van der Waals surface area contributed by atoms with Crippen LogP contribution < -0.4 is 0 Å². The van der Waals surface area contributed by atoms with Crippen LogP contribution in [0.4, 0.5) is 0 Å². The molecule has 2 aromatic rings. The van der Waals surface area contributed by atoms with Gasteiger partial charge in [0, 0.05) is 6.54 Å². The van der Waals surface area contributed by atoms with Crippen molar-refractivity contribution in [1.82, 2.24) is 9.55 Å². The number of benzene rings is 1. The predicted octanol–water partition coefficient (Wildman–Crippen LogP) is 3.58. The SMILES string of the molecule is CSCCCCCn1c(C)nc2c(C(=O)O)cccc21. The van der Waals surface area contributed by atoms with E-state index in [9.17, 15) is 9.90 Å². The molecule has 0 aliphatic heterocycles. The maximum atomic E-state index is 11.2. The highest BCUT2D eigenvalue weighted by Gasteiger charge is 2.14. The molecule has 2 rings (SSSR count). The number of hydrogen-bond acceptors (Lipinski definition) is 3. The van der Waals surface area contributed by atoms with E-state index in [0.717, 1.165) is 24.3 Å². The number of hydrogen-bond donors (Lipinski definition) is 1. The minimum absolute atomic E-state index is 0.284. The average Bonchev–Trinajstić information content (AvgIpc) is 2.74. The molecular weight excluding hydrogens is 272 g/mol. The summed E-state index contributed by atoms with van der Waals surface area (Å²) >= 11 is 1.88. The van der Waals surface area contributed by atoms with Crippen molar-refractivity contribution in [3.05, 3.63) is 29.6 Å². The van der Waals surface area contributed by atoms with Crippen molar-refractivity contribution < 1.29 is 9.90 Å². The summed E-state index contributed by atoms with van der Waals surface area (Å²) in [5.74, 6) is 1.17. The summed E-state index contributed by atoms with van der Waals surface area (Å²) in [6.45, 7) is 2.84. The molecule has 0 fully saturated rings. The zero-order valence-electron chi connectivity index (χ0n) is 11.9. The van der Waals surface area contributed by atoms with E-state index in [1.807, 2.05) is 24.8 Å². The molecule has 1 aromatic heterocycles. The Balaban J connectivity index is 2.19. The Morgan fingerprint density at radius 2 is 2.15 bits per heavy atom. The highest BCUT2D eigenvalue weighted by atomic mass is 32.2. The molecule has 0 atom stereocenters. The summed E-state index contributed by atoms with van der Waals surface area (Å²) in [7, 11) is 0. The van der Waals surface area contributed by atoms with E-state index >= 15 is 0 Å². The monoisotopic (exact) mass is 292 g/mol. The topological polar surface area (TPSA) is 55.1 Å². The number of carboxylic acid groups (broad SMARTS) is 1. The van der Waals surface area contributed by atoms with Crippen LogP contribution in [-0.2, 0) is 6.54 Å². The van der Waals surface area contributed by atoms with Gasteiger partial charge >= 0.3 is 5.97 Å². The maximum absolute atomic E-state index is 11.2. The van der Waals surface area contributed by atoms with Crippen molar-refractivity contribution in [1.29, 1.82) is 0 Å². The fourth-order valence-corrected chi connectivity index (χ4v) is 2.90. The number of aryl methyl sites for hydroxylation is 2. The maximum Gasteiger partial charge on any atom is 0.337 e. The fraction of sp³-hybridized carbons (Fsp3) is 0.467. The molecule has 1 N–H and O–H groups in total. The van der Waals surface area contributed by atoms with Gasteiger partial charge in [-0.15, -0.1) is 0 Å². The second-order valence-electron chi connectivity index (χ2n) is 4.84. The minimum Gasteiger partial charge on any atom is -0.478 e. The normalized spacial score (nSPS) is 11.1. The van der Waals surface area contributed by atoms with E-state index in [-0.39, 0.29) is 5.56 Å². The molecule has 0 aliphatic carbocycles. The number of carbonyl (C=O) groups is 1. The third-order valence-electron chi connectivity index (χ3n) is 3.43. The molecule has 0 aliphatic rings. The first kappa shape index (κ1) is 14.9. The number of para-hydroxylation sites is 1. The van der Waals surface area contributed by atoms with Gasteiger partial charge in [0.15, 0.2) is 0 Å². The molecule has 0 radical (unpaired) electrons. The van der Waals surface area contributed by atoms with Gasteiger partial charge in [-0.3, -0.25) is 0 Å². The summed E-state index contributed by atoms with van der Waals surface area (Å²) in [4.78, 5) is 15.6. The van der Waals surface area contributed by atoms with E-state index in [2.05, 4.69) is 15.8 Å². The average molecular weight is 292 g/mol. The Morgan fingerprint density at radius 3 is 2.85 bits per heavy atom. The summed E-state index contributed by atoms with van der Waals surface area (Å²) in [5.41, 5.74) is 1.81. The van der Waals surface area contributed by atoms with Gasteiger partial charge in [-0.2, -0.15) is 11.8 Å². The van der Waals surface area contributed by atoms with Crippen LogP contribution in [0.2, 0.25) is 0 Å². The Bertz CT molecular complexity index is 607. The van der Waals surface area contributed by atoms with E-state index in [1.165, 1.54) is 18.6 Å². The third-order valence-corrected chi connectivity index (χ3v) is 4.13. The van der Waals surface area contributed by atoms with Crippen LogP contribution in [0.15, 0.2) is 18.2 Å². The molecule has 0 bridgehead atoms. The zero-order valence-corrected chi connectivity index (χ0v) is 12.7. The molecule has 1 aromatic carbocycles. The van der Waals surface area contributed by atoms with E-state index in [0.29, 0.717) is 5.52 Å². The fourth-order valence-electron chi connectivity index (χ4n) is 2.41. The number of carboxylic acids is 1. The van der Waals surface area contributed by atoms with Crippen molar-refractivity contribution in [3.63, 3.8) is 0 Å². The second-order valence-corrected chi connectivity index (χ2v) is 5.83. The molecule has 1 heterocycles. The van der Waals surface area contributed by atoms with Crippen molar-refractivity contribution in [3.8, 4) is 0 Å². The Morgan fingerprint density at radius 1 is 1.35 bits per heavy atom. The van der Waals surface area contributed by atoms with Gasteiger partial charge in [0.05, 0.1) is 11.1 Å². The Labute approximate surface area is 123 Å². The van der Waals surface area contributed by atoms with Crippen LogP contribution >= 0.6 is 11.8 Å². The van der Waals surface area contributed by atoms with E-state index in [1.54, 1.807) is 12.1 Å². The zero-order chi connectivity index (χ0) is 14.5. The van der Waals surface area contributed by atoms with Crippen molar-refractivity contribution in [2.45, 2.75) is 32.7 Å². The first-order valence-electron chi connectivity index (χ1n) is 6.83. The molecule has 0 unspecified atom stereocenters. The van der Waals surface area contributed by atoms with E-state index in [4.69, 9.17) is 0 Å². The van der Waals surface area contributed by atoms with Gasteiger partial charge in [0.2, 0.25) is 0 Å². The van der Waals surface area contributed by atoms with Gasteiger partial charge in [-0.05, 0) is 43.9 Å². The summed E-state index contributed by atoms with van der Waals surface area (Å²) in [5, 5.41) is 9.20. The number of fused-ring (bicyclic) bond motifs is 1. The van der Waals surface area contributed by atoms with Crippen LogP contribution in [0.25, 0.3) is 11.0 Å². The number of rotatable bonds is 7. The van der Waals surface area contributed by atoms with Crippen LogP contribution in [0.1, 0.15) is 35.4 Å². The number of unbranched alkanes of at least 4 members (excludes halogenated alkanes) is 2. The molecule has 20 heavy (non-hydrogen) atoms. The first-order valence-corrected chi connectivity index (χ1v) is 8.22. The number of thioether (sulfide) groups is 1. The Kier molecular flexibility index (Phi) is 5.06. The van der Waals surface area contributed by atoms with Gasteiger partial charge < -0.3 is 9.67 Å². The summed E-state index contributed by atoms with van der Waals surface area (Å²) in [6, 6.07) is 5.35. The Hall–Kier alpha value is -1.49. The number of nitrogens with zero attached hydrogens (tertiary/aromatic N) is 2. The standard InChI is InChI=1S/C15H20N2O2S/c1-11-16-14-12(15(18)19)7-6-8-13(14)17(11)9-4-3-5-10-20-2/h6-8H,3-5,9-10H2,1-2H3,(H,18,19). The van der Waals surface area contributed by atoms with Gasteiger partial charge in [-0.1, -0.05) is 12.5 Å². The lowest BCUT2D eigenvalue weighted by Crippen LogP contribution is -2.01. The number of imidazole rings is 1. The van der Waals surface area contributed by atoms with Crippen LogP contribution in [0.3, 0.4) is 0 Å². The highest BCUT2D eigenvalue weighted by molar-refractivity contribution is 7.98. The molecule has 0 saturated heterocycles. The molecule has 0 saturated carbocycles. The minimum atomic E-state index is -0.916. The number of aromatic nitrogens is 2. The van der Waals surface area contributed by atoms with Crippen LogP contribution in [0.5, 0.6) is 0 Å². The summed E-state index contributed by atoms with van der Waals surface area (Å²) < 4.78 is 2.13. The highest BCUT2D eigenvalue weighted by Crippen LogP contribution is 2.21. The van der Waals surface area contributed by atoms with Gasteiger partial charge in [0.1, 0.15) is 11.3 Å².